The number of hydrogen-bond donors (Lipinski definition) is 1. The van der Waals surface area contributed by atoms with E-state index in [-0.39, 0.29) is 18.4 Å². The molecule has 0 spiro atoms. The third-order valence-electron chi connectivity index (χ3n) is 7.22. The quantitative estimate of drug-likeness (QED) is 0.450. The first kappa shape index (κ1) is 24.9. The second kappa shape index (κ2) is 10.7. The molecule has 1 saturated carbocycles. The number of methoxy groups -OCH3 is 1. The fraction of sp³-hybridized carbons (Fsp3) is 0.481. The predicted molar refractivity (Wildman–Crippen MR) is 141 cm³/mol. The molecule has 8 nitrogen and oxygen atoms in total. The molecule has 190 valence electrons. The van der Waals surface area contributed by atoms with E-state index in [2.05, 4.69) is 33.2 Å². The van der Waals surface area contributed by atoms with Crippen molar-refractivity contribution in [3.05, 3.63) is 52.0 Å². The molecule has 0 radical (unpaired) electrons. The van der Waals surface area contributed by atoms with Gasteiger partial charge in [-0.25, -0.2) is 4.52 Å². The number of halogens is 1. The number of likely N-dealkylation sites (tertiary alicyclic amines) is 1. The molecule has 0 unspecified atom stereocenters. The maximum atomic E-state index is 13.7. The van der Waals surface area contributed by atoms with Crippen LogP contribution < -0.4 is 5.32 Å². The van der Waals surface area contributed by atoms with Crippen molar-refractivity contribution >= 4 is 33.3 Å². The minimum Gasteiger partial charge on any atom is -0.378 e. The van der Waals surface area contributed by atoms with Crippen LogP contribution in [0.4, 0.5) is 0 Å². The highest BCUT2D eigenvalue weighted by Crippen LogP contribution is 2.34. The Hall–Kier alpha value is -2.78. The number of ether oxygens (including phenoxy) is 1. The number of nitrogens with one attached hydrogen (secondary N) is 1. The summed E-state index contributed by atoms with van der Waals surface area (Å²) < 4.78 is 8.22. The number of rotatable bonds is 8. The van der Waals surface area contributed by atoms with Crippen molar-refractivity contribution < 1.29 is 14.3 Å². The Morgan fingerprint density at radius 1 is 1.17 bits per heavy atom. The van der Waals surface area contributed by atoms with Crippen molar-refractivity contribution in [1.82, 2.24) is 24.8 Å². The average molecular weight is 554 g/mol. The van der Waals surface area contributed by atoms with Gasteiger partial charge in [0.2, 0.25) is 5.91 Å². The van der Waals surface area contributed by atoms with Crippen LogP contribution in [0.1, 0.15) is 54.4 Å². The molecule has 4 heterocycles. The van der Waals surface area contributed by atoms with Crippen LogP contribution in [0, 0.1) is 11.8 Å². The van der Waals surface area contributed by atoms with Crippen LogP contribution in [-0.2, 0) is 22.6 Å². The van der Waals surface area contributed by atoms with Gasteiger partial charge in [0.15, 0.2) is 0 Å². The SMILES string of the molecule is CCc1ccc2c(-c3cncc(Br)c3)c(C(=O)NCC3CCN(C(=O)C4CC4)CC3)c(COC)nn12. The fourth-order valence-corrected chi connectivity index (χ4v) is 5.45. The highest BCUT2D eigenvalue weighted by molar-refractivity contribution is 9.10. The molecule has 1 aliphatic heterocycles. The maximum Gasteiger partial charge on any atom is 0.254 e. The first-order chi connectivity index (χ1) is 17.5. The van der Waals surface area contributed by atoms with Gasteiger partial charge in [-0.05, 0) is 72.2 Å². The van der Waals surface area contributed by atoms with Crippen LogP contribution in [0.3, 0.4) is 0 Å². The van der Waals surface area contributed by atoms with E-state index < -0.39 is 0 Å². The molecule has 3 aromatic rings. The largest absolute Gasteiger partial charge is 0.378 e. The number of aromatic nitrogens is 3. The Bertz CT molecular complexity index is 1280. The highest BCUT2D eigenvalue weighted by atomic mass is 79.9. The van der Waals surface area contributed by atoms with Crippen LogP contribution in [0.2, 0.25) is 0 Å². The lowest BCUT2D eigenvalue weighted by molar-refractivity contribution is -0.133. The van der Waals surface area contributed by atoms with Crippen LogP contribution >= 0.6 is 15.9 Å². The van der Waals surface area contributed by atoms with Gasteiger partial charge in [0.05, 0.1) is 17.7 Å². The smallest absolute Gasteiger partial charge is 0.254 e. The number of amides is 2. The van der Waals surface area contributed by atoms with E-state index >= 15 is 0 Å². The van der Waals surface area contributed by atoms with E-state index in [9.17, 15) is 9.59 Å². The second-order valence-electron chi connectivity index (χ2n) is 9.75. The third-order valence-corrected chi connectivity index (χ3v) is 7.65. The molecule has 2 amide bonds. The molecule has 1 saturated heterocycles. The minimum atomic E-state index is -0.164. The molecule has 9 heteroatoms. The molecule has 3 aromatic heterocycles. The standard InChI is InChI=1S/C27H32BrN5O3/c1-3-21-6-7-23-24(19-12-20(28)15-29-14-19)25(22(16-36-2)31-33(21)23)26(34)30-13-17-8-10-32(11-9-17)27(35)18-4-5-18/h6-7,12,14-15,17-18H,3-5,8-11,13,16H2,1-2H3,(H,30,34). The van der Waals surface area contributed by atoms with Crippen molar-refractivity contribution in [2.24, 2.45) is 11.8 Å². The van der Waals surface area contributed by atoms with Crippen molar-refractivity contribution in [1.29, 1.82) is 0 Å². The van der Waals surface area contributed by atoms with Crippen LogP contribution in [0.25, 0.3) is 16.6 Å². The Kier molecular flexibility index (Phi) is 7.39. The minimum absolute atomic E-state index is 0.164. The number of fused-ring (bicyclic) bond motifs is 1. The van der Waals surface area contributed by atoms with Crippen LogP contribution in [-0.4, -0.2) is 58.1 Å². The molecule has 2 fully saturated rings. The maximum absolute atomic E-state index is 13.7. The number of pyridine rings is 1. The molecule has 1 aliphatic carbocycles. The molecular formula is C27H32BrN5O3. The van der Waals surface area contributed by atoms with E-state index in [0.717, 1.165) is 72.0 Å². The van der Waals surface area contributed by atoms with Crippen LogP contribution in [0.15, 0.2) is 35.1 Å². The molecule has 1 N–H and O–H groups in total. The Labute approximate surface area is 219 Å². The summed E-state index contributed by atoms with van der Waals surface area (Å²) in [4.78, 5) is 32.5. The lowest BCUT2D eigenvalue weighted by Crippen LogP contribution is -2.42. The summed E-state index contributed by atoms with van der Waals surface area (Å²) in [6, 6.07) is 6.04. The molecule has 36 heavy (non-hydrogen) atoms. The van der Waals surface area contributed by atoms with Gasteiger partial charge in [-0.1, -0.05) is 6.92 Å². The average Bonchev–Trinajstić information content (AvgIpc) is 3.66. The molecule has 5 rings (SSSR count). The Balaban J connectivity index is 1.43. The summed E-state index contributed by atoms with van der Waals surface area (Å²) >= 11 is 3.53. The van der Waals surface area contributed by atoms with E-state index in [1.807, 2.05) is 27.6 Å². The van der Waals surface area contributed by atoms with Gasteiger partial charge in [-0.2, -0.15) is 5.10 Å². The summed E-state index contributed by atoms with van der Waals surface area (Å²) in [5.74, 6) is 0.751. The second-order valence-corrected chi connectivity index (χ2v) is 10.7. The zero-order chi connectivity index (χ0) is 25.2. The highest BCUT2D eigenvalue weighted by Gasteiger charge is 2.35. The van der Waals surface area contributed by atoms with Gasteiger partial charge in [-0.3, -0.25) is 14.6 Å². The van der Waals surface area contributed by atoms with E-state index in [4.69, 9.17) is 9.84 Å². The lowest BCUT2D eigenvalue weighted by atomic mass is 9.95. The topological polar surface area (TPSA) is 88.8 Å². The van der Waals surface area contributed by atoms with Gasteiger partial charge in [0.25, 0.3) is 5.91 Å². The summed E-state index contributed by atoms with van der Waals surface area (Å²) in [5.41, 5.74) is 4.68. The first-order valence-corrected chi connectivity index (χ1v) is 13.5. The number of aryl methyl sites for hydroxylation is 1. The molecule has 2 aliphatic rings. The molecular weight excluding hydrogens is 522 g/mol. The van der Waals surface area contributed by atoms with E-state index in [0.29, 0.717) is 29.6 Å². The zero-order valence-electron chi connectivity index (χ0n) is 20.8. The fourth-order valence-electron chi connectivity index (χ4n) is 5.08. The molecule has 0 atom stereocenters. The number of piperidine rings is 1. The first-order valence-electron chi connectivity index (χ1n) is 12.7. The monoisotopic (exact) mass is 553 g/mol. The number of carbonyl (C=O) groups excluding carboxylic acids is 2. The zero-order valence-corrected chi connectivity index (χ0v) is 22.4. The van der Waals surface area contributed by atoms with Crippen LogP contribution in [0.5, 0.6) is 0 Å². The summed E-state index contributed by atoms with van der Waals surface area (Å²) in [5, 5.41) is 8.00. The van der Waals surface area contributed by atoms with Gasteiger partial charge >= 0.3 is 0 Å². The number of nitrogens with zero attached hydrogens (tertiary/aromatic N) is 4. The number of hydrogen-bond acceptors (Lipinski definition) is 5. The van der Waals surface area contributed by atoms with Crippen molar-refractivity contribution in [2.45, 2.75) is 45.6 Å². The van der Waals surface area contributed by atoms with Crippen molar-refractivity contribution in [3.8, 4) is 11.1 Å². The van der Waals surface area contributed by atoms with Gasteiger partial charge in [0.1, 0.15) is 5.69 Å². The van der Waals surface area contributed by atoms with Crippen molar-refractivity contribution in [2.75, 3.05) is 26.7 Å². The Morgan fingerprint density at radius 3 is 2.61 bits per heavy atom. The third kappa shape index (κ3) is 5.04. The van der Waals surface area contributed by atoms with Gasteiger partial charge in [-0.15, -0.1) is 0 Å². The molecule has 0 bridgehead atoms. The molecule has 0 aromatic carbocycles. The van der Waals surface area contributed by atoms with E-state index in [1.54, 1.807) is 19.5 Å². The van der Waals surface area contributed by atoms with Gasteiger partial charge in [0, 0.05) is 66.3 Å². The number of carbonyl (C=O) groups is 2. The Morgan fingerprint density at radius 2 is 1.94 bits per heavy atom. The van der Waals surface area contributed by atoms with Gasteiger partial charge < -0.3 is 15.0 Å². The summed E-state index contributed by atoms with van der Waals surface area (Å²) in [6.45, 7) is 4.42. The summed E-state index contributed by atoms with van der Waals surface area (Å²) in [6.07, 6.45) is 8.20. The summed E-state index contributed by atoms with van der Waals surface area (Å²) in [7, 11) is 1.61. The van der Waals surface area contributed by atoms with Crippen molar-refractivity contribution in [3.63, 3.8) is 0 Å². The van der Waals surface area contributed by atoms with E-state index in [1.165, 1.54) is 0 Å². The predicted octanol–water partition coefficient (Wildman–Crippen LogP) is 4.25. The normalized spacial score (nSPS) is 16.5. The lowest BCUT2D eigenvalue weighted by Gasteiger charge is -2.32.